The standard InChI is InChI=1S/C22H19BrN4OS/c1-15-5-7-16(8-6-15)13-27-20(9-10-24-27)26-21(28)12-19-14-29-22(25-19)17-3-2-4-18(23)11-17/h2-11,14H,12-13H2,1H3,(H,26,28). The van der Waals surface area contributed by atoms with Crippen LogP contribution in [0, 0.1) is 6.92 Å². The third kappa shape index (κ3) is 4.99. The van der Waals surface area contributed by atoms with Crippen molar-refractivity contribution in [3.63, 3.8) is 0 Å². The lowest BCUT2D eigenvalue weighted by Gasteiger charge is -2.09. The molecule has 2 heterocycles. The molecule has 0 radical (unpaired) electrons. The van der Waals surface area contributed by atoms with Gasteiger partial charge in [-0.15, -0.1) is 11.3 Å². The quantitative estimate of drug-likeness (QED) is 0.418. The first kappa shape index (κ1) is 19.5. The van der Waals surface area contributed by atoms with Crippen LogP contribution in [0.3, 0.4) is 0 Å². The zero-order valence-electron chi connectivity index (χ0n) is 15.8. The van der Waals surface area contributed by atoms with Gasteiger partial charge in [-0.25, -0.2) is 9.67 Å². The minimum absolute atomic E-state index is 0.109. The van der Waals surface area contributed by atoms with Gasteiger partial charge in [0.05, 0.1) is 24.9 Å². The molecule has 7 heteroatoms. The molecule has 0 fully saturated rings. The molecule has 0 saturated carbocycles. The van der Waals surface area contributed by atoms with Crippen molar-refractivity contribution >= 4 is 39.0 Å². The van der Waals surface area contributed by atoms with Gasteiger partial charge in [0.1, 0.15) is 10.8 Å². The van der Waals surface area contributed by atoms with E-state index in [1.807, 2.05) is 29.6 Å². The zero-order valence-corrected chi connectivity index (χ0v) is 18.2. The fourth-order valence-electron chi connectivity index (χ4n) is 2.93. The lowest BCUT2D eigenvalue weighted by Crippen LogP contribution is -2.18. The largest absolute Gasteiger partial charge is 0.311 e. The van der Waals surface area contributed by atoms with Gasteiger partial charge in [-0.3, -0.25) is 4.79 Å². The van der Waals surface area contributed by atoms with Crippen LogP contribution in [0.15, 0.2) is 70.6 Å². The molecule has 0 unspecified atom stereocenters. The number of carbonyl (C=O) groups excluding carboxylic acids is 1. The smallest absolute Gasteiger partial charge is 0.231 e. The molecule has 0 spiro atoms. The summed E-state index contributed by atoms with van der Waals surface area (Å²) >= 11 is 5.02. The molecule has 1 amide bonds. The number of thiazole rings is 1. The van der Waals surface area contributed by atoms with Crippen LogP contribution in [0.2, 0.25) is 0 Å². The average molecular weight is 467 g/mol. The van der Waals surface area contributed by atoms with Crippen molar-refractivity contribution in [1.29, 1.82) is 0 Å². The highest BCUT2D eigenvalue weighted by Crippen LogP contribution is 2.26. The molecule has 0 atom stereocenters. The second kappa shape index (κ2) is 8.71. The van der Waals surface area contributed by atoms with Gasteiger partial charge in [-0.1, -0.05) is 57.9 Å². The second-order valence-electron chi connectivity index (χ2n) is 6.74. The Kier molecular flexibility index (Phi) is 5.87. The predicted molar refractivity (Wildman–Crippen MR) is 120 cm³/mol. The number of hydrogen-bond acceptors (Lipinski definition) is 4. The van der Waals surface area contributed by atoms with Gasteiger partial charge in [0, 0.05) is 21.5 Å². The van der Waals surface area contributed by atoms with Crippen molar-refractivity contribution in [2.75, 3.05) is 5.32 Å². The fraction of sp³-hybridized carbons (Fsp3) is 0.136. The summed E-state index contributed by atoms with van der Waals surface area (Å²) in [5.74, 6) is 0.569. The average Bonchev–Trinajstić information content (AvgIpc) is 3.33. The lowest BCUT2D eigenvalue weighted by atomic mass is 10.1. The normalized spacial score (nSPS) is 10.8. The molecule has 0 bridgehead atoms. The Morgan fingerprint density at radius 1 is 1.17 bits per heavy atom. The van der Waals surface area contributed by atoms with Crippen molar-refractivity contribution in [3.8, 4) is 10.6 Å². The van der Waals surface area contributed by atoms with Gasteiger partial charge in [0.2, 0.25) is 5.91 Å². The maximum absolute atomic E-state index is 12.5. The molecule has 0 aliphatic carbocycles. The molecule has 1 N–H and O–H groups in total. The summed E-state index contributed by atoms with van der Waals surface area (Å²) < 4.78 is 2.79. The van der Waals surface area contributed by atoms with Crippen LogP contribution >= 0.6 is 27.3 Å². The number of rotatable bonds is 6. The Morgan fingerprint density at radius 3 is 2.79 bits per heavy atom. The maximum atomic E-state index is 12.5. The first-order valence-corrected chi connectivity index (χ1v) is 10.8. The topological polar surface area (TPSA) is 59.8 Å². The second-order valence-corrected chi connectivity index (χ2v) is 8.51. The fourth-order valence-corrected chi connectivity index (χ4v) is 4.14. The van der Waals surface area contributed by atoms with Crippen molar-refractivity contribution in [2.45, 2.75) is 19.9 Å². The number of halogens is 1. The van der Waals surface area contributed by atoms with Crippen LogP contribution in [-0.4, -0.2) is 20.7 Å². The van der Waals surface area contributed by atoms with E-state index in [0.717, 1.165) is 26.3 Å². The van der Waals surface area contributed by atoms with Gasteiger partial charge in [-0.05, 0) is 24.6 Å². The van der Waals surface area contributed by atoms with Crippen LogP contribution in [0.5, 0.6) is 0 Å². The van der Waals surface area contributed by atoms with E-state index in [-0.39, 0.29) is 12.3 Å². The van der Waals surface area contributed by atoms with Crippen molar-refractivity contribution < 1.29 is 4.79 Å². The first-order chi connectivity index (χ1) is 14.1. The van der Waals surface area contributed by atoms with Crippen molar-refractivity contribution in [1.82, 2.24) is 14.8 Å². The molecule has 29 heavy (non-hydrogen) atoms. The van der Waals surface area contributed by atoms with Crippen LogP contribution in [0.4, 0.5) is 5.82 Å². The molecular formula is C22H19BrN4OS. The molecule has 2 aromatic carbocycles. The number of aryl methyl sites for hydroxylation is 1. The molecule has 4 aromatic rings. The number of carbonyl (C=O) groups is 1. The van der Waals surface area contributed by atoms with Gasteiger partial charge >= 0.3 is 0 Å². The third-order valence-electron chi connectivity index (χ3n) is 4.40. The Labute approximate surface area is 181 Å². The molecule has 0 aliphatic rings. The maximum Gasteiger partial charge on any atom is 0.231 e. The minimum atomic E-state index is -0.109. The third-order valence-corrected chi connectivity index (χ3v) is 5.84. The van der Waals surface area contributed by atoms with Gasteiger partial charge in [0.15, 0.2) is 0 Å². The Morgan fingerprint density at radius 2 is 2.00 bits per heavy atom. The summed E-state index contributed by atoms with van der Waals surface area (Å²) in [6.45, 7) is 2.66. The van der Waals surface area contributed by atoms with Crippen LogP contribution in [0.1, 0.15) is 16.8 Å². The van der Waals surface area contributed by atoms with E-state index in [2.05, 4.69) is 62.5 Å². The van der Waals surface area contributed by atoms with Gasteiger partial charge in [-0.2, -0.15) is 5.10 Å². The number of nitrogens with zero attached hydrogens (tertiary/aromatic N) is 3. The molecule has 0 aliphatic heterocycles. The van der Waals surface area contributed by atoms with Crippen LogP contribution < -0.4 is 5.32 Å². The van der Waals surface area contributed by atoms with Crippen LogP contribution in [-0.2, 0) is 17.8 Å². The van der Waals surface area contributed by atoms with E-state index in [9.17, 15) is 4.79 Å². The van der Waals surface area contributed by atoms with E-state index in [1.165, 1.54) is 16.9 Å². The zero-order chi connectivity index (χ0) is 20.2. The van der Waals surface area contributed by atoms with Crippen molar-refractivity contribution in [3.05, 3.63) is 87.5 Å². The van der Waals surface area contributed by atoms with Crippen molar-refractivity contribution in [2.24, 2.45) is 0 Å². The Balaban J connectivity index is 1.41. The number of nitrogens with one attached hydrogen (secondary N) is 1. The molecule has 2 aromatic heterocycles. The Hall–Kier alpha value is -2.77. The number of aromatic nitrogens is 3. The van der Waals surface area contributed by atoms with E-state index in [4.69, 9.17) is 0 Å². The molecule has 5 nitrogen and oxygen atoms in total. The SMILES string of the molecule is Cc1ccc(Cn2nccc2NC(=O)Cc2csc(-c3cccc(Br)c3)n2)cc1. The minimum Gasteiger partial charge on any atom is -0.311 e. The summed E-state index contributed by atoms with van der Waals surface area (Å²) in [4.78, 5) is 17.1. The summed E-state index contributed by atoms with van der Waals surface area (Å²) in [5, 5.41) is 10.1. The van der Waals surface area contributed by atoms with E-state index in [0.29, 0.717) is 12.4 Å². The molecule has 0 saturated heterocycles. The Bertz CT molecular complexity index is 1130. The number of hydrogen-bond donors (Lipinski definition) is 1. The van der Waals surface area contributed by atoms with E-state index in [1.54, 1.807) is 16.9 Å². The summed E-state index contributed by atoms with van der Waals surface area (Å²) in [6, 6.07) is 18.1. The highest BCUT2D eigenvalue weighted by atomic mass is 79.9. The molecular weight excluding hydrogens is 448 g/mol. The summed E-state index contributed by atoms with van der Waals surface area (Å²) in [5.41, 5.74) is 4.14. The summed E-state index contributed by atoms with van der Waals surface area (Å²) in [6.07, 6.45) is 1.91. The molecule has 146 valence electrons. The summed E-state index contributed by atoms with van der Waals surface area (Å²) in [7, 11) is 0. The number of benzene rings is 2. The highest BCUT2D eigenvalue weighted by molar-refractivity contribution is 9.10. The number of amides is 1. The predicted octanol–water partition coefficient (Wildman–Crippen LogP) is 5.31. The van der Waals surface area contributed by atoms with Gasteiger partial charge in [0.25, 0.3) is 0 Å². The monoisotopic (exact) mass is 466 g/mol. The highest BCUT2D eigenvalue weighted by Gasteiger charge is 2.12. The van der Waals surface area contributed by atoms with Crippen LogP contribution in [0.25, 0.3) is 10.6 Å². The van der Waals surface area contributed by atoms with E-state index < -0.39 is 0 Å². The first-order valence-electron chi connectivity index (χ1n) is 9.14. The van der Waals surface area contributed by atoms with Gasteiger partial charge < -0.3 is 5.32 Å². The molecule has 4 rings (SSSR count). The lowest BCUT2D eigenvalue weighted by molar-refractivity contribution is -0.115. The number of anilines is 1. The van der Waals surface area contributed by atoms with E-state index >= 15 is 0 Å².